The Balaban J connectivity index is 0. The lowest BCUT2D eigenvalue weighted by atomic mass is 9.83. The molecule has 6 rings (SSSR count). The number of carboxylic acid groups (broad SMARTS) is 1. The summed E-state index contributed by atoms with van der Waals surface area (Å²) >= 11 is 1.57. The lowest BCUT2D eigenvalue weighted by molar-refractivity contribution is -0.145. The number of benzene rings is 3. The van der Waals surface area contributed by atoms with Crippen LogP contribution in [-0.4, -0.2) is 103 Å². The third kappa shape index (κ3) is 40.2. The Hall–Kier alpha value is -6.96. The summed E-state index contributed by atoms with van der Waals surface area (Å²) in [6.07, 6.45) is 31.8. The quantitative estimate of drug-likeness (QED) is 0.00672. The minimum Gasteiger partial charge on any atom is -0.497 e. The van der Waals surface area contributed by atoms with Crippen LogP contribution in [0, 0.1) is 23.7 Å². The first-order chi connectivity index (χ1) is 42.3. The number of rotatable bonds is 29. The molecule has 2 saturated carbocycles. The first-order valence-electron chi connectivity index (χ1n) is 29.8. The zero-order valence-electron chi connectivity index (χ0n) is 52.7. The van der Waals surface area contributed by atoms with E-state index in [2.05, 4.69) is 45.3 Å². The largest absolute Gasteiger partial charge is 0.497 e. The zero-order valence-corrected chi connectivity index (χ0v) is 53.5. The van der Waals surface area contributed by atoms with Crippen molar-refractivity contribution in [3.8, 4) is 23.0 Å². The molecule has 2 unspecified atom stereocenters. The Morgan fingerprint density at radius 3 is 1.72 bits per heavy atom. The number of esters is 2. The summed E-state index contributed by atoms with van der Waals surface area (Å²) < 4.78 is 38.1. The Morgan fingerprint density at radius 2 is 1.23 bits per heavy atom. The van der Waals surface area contributed by atoms with Crippen LogP contribution >= 0.6 is 11.8 Å². The van der Waals surface area contributed by atoms with E-state index in [1.54, 1.807) is 39.2 Å². The van der Waals surface area contributed by atoms with Crippen molar-refractivity contribution in [2.75, 3.05) is 47.0 Å². The lowest BCUT2D eigenvalue weighted by Gasteiger charge is -2.25. The molecule has 5 N–H and O–H groups in total. The molecule has 0 spiro atoms. The summed E-state index contributed by atoms with van der Waals surface area (Å²) in [5.41, 5.74) is 13.2. The Kier molecular flexibility index (Phi) is 53.6. The second kappa shape index (κ2) is 56.8. The highest BCUT2D eigenvalue weighted by Gasteiger charge is 2.27. The Bertz CT molecular complexity index is 2340. The summed E-state index contributed by atoms with van der Waals surface area (Å²) in [6, 6.07) is 20.7. The van der Waals surface area contributed by atoms with Gasteiger partial charge in [0.1, 0.15) is 48.6 Å². The van der Waals surface area contributed by atoms with Gasteiger partial charge in [0.25, 0.3) is 6.47 Å². The van der Waals surface area contributed by atoms with Gasteiger partial charge in [0, 0.05) is 42.7 Å². The molecule has 3 aromatic rings. The topological polar surface area (TPSA) is 252 Å². The zero-order chi connectivity index (χ0) is 65.3. The molecule has 0 aliphatic heterocycles. The molecule has 2 fully saturated rings. The van der Waals surface area contributed by atoms with Crippen molar-refractivity contribution in [2.24, 2.45) is 40.1 Å². The Morgan fingerprint density at radius 1 is 0.701 bits per heavy atom. The molecule has 87 heavy (non-hydrogen) atoms. The standard InChI is InChI=1S/C22H34O3.C21H32O4.C12H17NO2.C8H10N2S.C3H4O.CH2O2.2CH2O/c1-3-4-5-6-7-8-17-24-20-13-15-21(16-14-20)25-22(23)19-11-9-18(2)10-12-19;1-17-7-9-18(10-8-17)21(22)25-20-13-11-19(12-14-20)24-16-6-4-3-5-15-23-2;1-4-5-11(13)10-8-9(14-2)6-7-12(10)15-3;1-10-7-4-2-3-5-8(7)11-6-9;1-2-3-4;2-1-3;2*1-2/h3,13,15-16,18-20H,1,4-12,14,17H2,2H3;11-14,17-18H,3-10,15-16H2,1-2H3;4,6-8,11H,1,5,13H2,2-3H3;2-5H,1,6,9H2;2-3H,1H2;1H,(H,2,3);2*1H2. The normalized spacial score (nSPS) is 17.0. The summed E-state index contributed by atoms with van der Waals surface area (Å²) in [5.74, 6) is 5.75. The van der Waals surface area contributed by atoms with E-state index in [9.17, 15) is 9.59 Å². The summed E-state index contributed by atoms with van der Waals surface area (Å²) in [5, 5.41) is 6.89. The fraction of sp³-hybridized carbons (Fsp3) is 0.493. The van der Waals surface area contributed by atoms with Crippen molar-refractivity contribution in [1.82, 2.24) is 0 Å². The van der Waals surface area contributed by atoms with Crippen LogP contribution in [0.5, 0.6) is 23.0 Å². The maximum atomic E-state index is 12.2. The van der Waals surface area contributed by atoms with Gasteiger partial charge < -0.3 is 59.3 Å². The molecule has 2 atom stereocenters. The summed E-state index contributed by atoms with van der Waals surface area (Å²) in [4.78, 5) is 62.8. The molecule has 17 nitrogen and oxygen atoms in total. The van der Waals surface area contributed by atoms with Gasteiger partial charge in [-0.3, -0.25) is 24.2 Å². The van der Waals surface area contributed by atoms with Gasteiger partial charge in [-0.25, -0.2) is 0 Å². The monoisotopic (exact) mass is 1230 g/mol. The molecule has 0 heterocycles. The van der Waals surface area contributed by atoms with Crippen LogP contribution in [0.15, 0.2) is 139 Å². The van der Waals surface area contributed by atoms with E-state index in [-0.39, 0.29) is 42.4 Å². The molecule has 18 heteroatoms. The van der Waals surface area contributed by atoms with Gasteiger partial charge in [-0.2, -0.15) is 0 Å². The number of allylic oxidation sites excluding steroid dienone is 3. The number of carbonyl (C=O) groups excluding carboxylic acids is 5. The fourth-order valence-corrected chi connectivity index (χ4v) is 9.52. The lowest BCUT2D eigenvalue weighted by Crippen LogP contribution is -2.24. The molecule has 3 aliphatic rings. The number of methoxy groups -OCH3 is 3. The van der Waals surface area contributed by atoms with Crippen molar-refractivity contribution < 1.29 is 67.0 Å². The number of nitrogens with two attached hydrogens (primary N) is 2. The molecule has 3 aromatic carbocycles. The first kappa shape index (κ1) is 82.1. The highest BCUT2D eigenvalue weighted by molar-refractivity contribution is 7.99. The van der Waals surface area contributed by atoms with Gasteiger partial charge in [-0.1, -0.05) is 70.0 Å². The highest BCUT2D eigenvalue weighted by Crippen LogP contribution is 2.33. The van der Waals surface area contributed by atoms with Crippen molar-refractivity contribution in [3.63, 3.8) is 0 Å². The number of thioether (sulfide) groups is 1. The average Bonchev–Trinajstić information content (AvgIpc) is 3.72. The highest BCUT2D eigenvalue weighted by atomic mass is 32.2. The SMILES string of the molecule is C=CC=O.C=CCC(N)c1cc(OC)ccc1OC.C=CCCCCCCOC1C=CC(OC(=O)C2CCC(C)CC2)=CC1.C=Nc1ccccc1SCN.C=O.C=O.COCCCCCCOc1ccc(OC(=O)C2CCC(C)CC2)cc1.O=CO. The van der Waals surface area contributed by atoms with E-state index in [1.807, 2.05) is 105 Å². The molecule has 3 aliphatic carbocycles. The number of hydrogen-bond donors (Lipinski definition) is 3. The number of unbranched alkanes of at least 4 members (excludes halogenated alkanes) is 7. The molecule has 0 amide bonds. The Labute approximate surface area is 524 Å². The van der Waals surface area contributed by atoms with E-state index in [4.69, 9.17) is 68.9 Å². The summed E-state index contributed by atoms with van der Waals surface area (Å²) in [7, 11) is 5.00. The smallest absolute Gasteiger partial charge is 0.314 e. The predicted octanol–water partition coefficient (Wildman–Crippen LogP) is 14.7. The number of aldehydes is 1. The van der Waals surface area contributed by atoms with Gasteiger partial charge in [-0.05, 0) is 194 Å². The van der Waals surface area contributed by atoms with Crippen molar-refractivity contribution in [2.45, 2.75) is 153 Å². The van der Waals surface area contributed by atoms with E-state index >= 15 is 0 Å². The van der Waals surface area contributed by atoms with Crippen LogP contribution in [-0.2, 0) is 43.0 Å². The van der Waals surface area contributed by atoms with Crippen LogP contribution in [0.3, 0.4) is 0 Å². The third-order valence-corrected chi connectivity index (χ3v) is 14.6. The number of nitrogens with zero attached hydrogens (tertiary/aromatic N) is 1. The van der Waals surface area contributed by atoms with Crippen molar-refractivity contribution in [1.29, 1.82) is 0 Å². The van der Waals surface area contributed by atoms with Crippen molar-refractivity contribution >= 4 is 62.4 Å². The maximum Gasteiger partial charge on any atom is 0.314 e. The number of hydrogen-bond acceptors (Lipinski definition) is 17. The molecular weight excluding hydrogens is 1130 g/mol. The van der Waals surface area contributed by atoms with Crippen LogP contribution < -0.4 is 30.4 Å². The van der Waals surface area contributed by atoms with Crippen LogP contribution in [0.2, 0.25) is 0 Å². The number of aliphatic imine (C=N–C) groups is 1. The minimum absolute atomic E-state index is 0.0540. The average molecular weight is 1230 g/mol. The number of para-hydroxylation sites is 1. The molecule has 484 valence electrons. The first-order valence-corrected chi connectivity index (χ1v) is 30.7. The number of carbonyl (C=O) groups is 6. The number of ether oxygens (including phenoxy) is 7. The van der Waals surface area contributed by atoms with E-state index in [0.29, 0.717) is 36.7 Å². The van der Waals surface area contributed by atoms with Gasteiger partial charge in [0.2, 0.25) is 0 Å². The van der Waals surface area contributed by atoms with Gasteiger partial charge in [0.05, 0.1) is 44.5 Å². The molecule has 0 aromatic heterocycles. The molecule has 0 bridgehead atoms. The predicted molar refractivity (Wildman–Crippen MR) is 352 cm³/mol. The van der Waals surface area contributed by atoms with E-state index < -0.39 is 0 Å². The second-order valence-corrected chi connectivity index (χ2v) is 21.3. The van der Waals surface area contributed by atoms with E-state index in [1.165, 1.54) is 31.8 Å². The van der Waals surface area contributed by atoms with Gasteiger partial charge >= 0.3 is 11.9 Å². The van der Waals surface area contributed by atoms with Gasteiger partial charge in [0.15, 0.2) is 0 Å². The maximum absolute atomic E-state index is 12.2. The van der Waals surface area contributed by atoms with Gasteiger partial charge in [-0.15, -0.1) is 24.9 Å². The second-order valence-electron chi connectivity index (χ2n) is 20.2. The summed E-state index contributed by atoms with van der Waals surface area (Å²) in [6.45, 7) is 24.6. The molecule has 0 saturated heterocycles. The van der Waals surface area contributed by atoms with Crippen LogP contribution in [0.1, 0.15) is 147 Å². The minimum atomic E-state index is -0.250. The fourth-order valence-electron chi connectivity index (χ4n) is 8.88. The van der Waals surface area contributed by atoms with Crippen LogP contribution in [0.25, 0.3) is 0 Å². The van der Waals surface area contributed by atoms with Crippen LogP contribution in [0.4, 0.5) is 5.69 Å². The molecular formula is C69H103N3O14S. The van der Waals surface area contributed by atoms with E-state index in [0.717, 1.165) is 148 Å². The van der Waals surface area contributed by atoms with Crippen molar-refractivity contribution in [3.05, 3.63) is 134 Å². The molecule has 0 radical (unpaired) electrons. The third-order valence-electron chi connectivity index (χ3n) is 13.8.